The Kier molecular flexibility index (Phi) is 2.77. The topological polar surface area (TPSA) is 86.7 Å². The van der Waals surface area contributed by atoms with E-state index in [1.807, 2.05) is 6.92 Å². The van der Waals surface area contributed by atoms with E-state index >= 15 is 0 Å². The van der Waals surface area contributed by atoms with Crippen LogP contribution in [0.15, 0.2) is 6.20 Å². The Hall–Kier alpha value is -1.91. The zero-order valence-corrected chi connectivity index (χ0v) is 13.2. The molecule has 11 heteroatoms. The van der Waals surface area contributed by atoms with Gasteiger partial charge in [0.25, 0.3) is 0 Å². The smallest absolute Gasteiger partial charge is 0.235 e. The molecule has 0 atom stereocenters. The van der Waals surface area contributed by atoms with Crippen molar-refractivity contribution >= 4 is 39.4 Å². The summed E-state index contributed by atoms with van der Waals surface area (Å²) in [7, 11) is 1.80. The summed E-state index contributed by atoms with van der Waals surface area (Å²) in [4.78, 5) is 1.62. The van der Waals surface area contributed by atoms with Gasteiger partial charge in [-0.1, -0.05) is 27.4 Å². The van der Waals surface area contributed by atoms with Crippen molar-refractivity contribution in [3.63, 3.8) is 0 Å². The van der Waals surface area contributed by atoms with E-state index in [1.165, 1.54) is 22.9 Å². The minimum Gasteiger partial charge on any atom is -0.263 e. The Bertz CT molecular complexity index is 928. The fourth-order valence-electron chi connectivity index (χ4n) is 1.95. The molecule has 0 spiro atoms. The van der Waals surface area contributed by atoms with E-state index in [2.05, 4.69) is 30.0 Å². The van der Waals surface area contributed by atoms with Gasteiger partial charge < -0.3 is 0 Å². The maximum Gasteiger partial charge on any atom is 0.235 e. The first-order valence-electron chi connectivity index (χ1n) is 5.84. The molecule has 4 heterocycles. The number of aryl methyl sites for hydroxylation is 2. The molecule has 106 valence electrons. The number of fused-ring (bicyclic) bond motifs is 1. The lowest BCUT2D eigenvalue weighted by Crippen LogP contribution is -1.98. The van der Waals surface area contributed by atoms with Crippen LogP contribution in [0.3, 0.4) is 0 Å². The molecule has 0 aromatic carbocycles. The normalized spacial score (nSPS) is 11.6. The summed E-state index contributed by atoms with van der Waals surface area (Å²) in [6.07, 6.45) is 1.57. The number of rotatable bonds is 2. The van der Waals surface area contributed by atoms with Crippen LogP contribution in [0.4, 0.5) is 0 Å². The number of hydrogen-bond acceptors (Lipinski definition) is 8. The molecule has 21 heavy (non-hydrogen) atoms. The molecule has 0 saturated carbocycles. The predicted octanol–water partition coefficient (Wildman–Crippen LogP) is 2.07. The first kappa shape index (κ1) is 12.8. The molecule has 4 aromatic rings. The van der Waals surface area contributed by atoms with Crippen molar-refractivity contribution in [2.24, 2.45) is 7.05 Å². The Morgan fingerprint density at radius 2 is 2.10 bits per heavy atom. The highest BCUT2D eigenvalue weighted by Gasteiger charge is 2.20. The summed E-state index contributed by atoms with van der Waals surface area (Å²) in [6.45, 7) is 1.90. The molecular weight excluding hydrogens is 332 g/mol. The van der Waals surface area contributed by atoms with Crippen LogP contribution in [-0.2, 0) is 7.05 Å². The van der Waals surface area contributed by atoms with Crippen molar-refractivity contribution in [3.05, 3.63) is 16.9 Å². The Morgan fingerprint density at radius 1 is 1.24 bits per heavy atom. The van der Waals surface area contributed by atoms with Gasteiger partial charge in [-0.05, 0) is 18.5 Å². The van der Waals surface area contributed by atoms with Crippen LogP contribution in [0.25, 0.3) is 26.4 Å². The lowest BCUT2D eigenvalue weighted by Gasteiger charge is -1.98. The maximum absolute atomic E-state index is 6.16. The quantitative estimate of drug-likeness (QED) is 0.556. The van der Waals surface area contributed by atoms with Gasteiger partial charge in [0.1, 0.15) is 10.6 Å². The van der Waals surface area contributed by atoms with Crippen LogP contribution in [0, 0.1) is 6.92 Å². The molecule has 0 bridgehead atoms. The van der Waals surface area contributed by atoms with Gasteiger partial charge in [0.2, 0.25) is 10.8 Å². The Balaban J connectivity index is 1.93. The monoisotopic (exact) mass is 338 g/mol. The SMILES string of the molecule is Cc1nnsc1-c1nn2c(-c3c(Cl)cnn3C)nnc2s1. The molecular formula is C10H7ClN8S2. The van der Waals surface area contributed by atoms with Crippen LogP contribution in [0.2, 0.25) is 5.02 Å². The van der Waals surface area contributed by atoms with E-state index in [4.69, 9.17) is 11.6 Å². The van der Waals surface area contributed by atoms with Crippen LogP contribution in [-0.4, -0.2) is 39.2 Å². The first-order valence-corrected chi connectivity index (χ1v) is 7.81. The summed E-state index contributed by atoms with van der Waals surface area (Å²) in [6, 6.07) is 0. The Morgan fingerprint density at radius 3 is 2.76 bits per heavy atom. The van der Waals surface area contributed by atoms with Gasteiger partial charge >= 0.3 is 0 Å². The molecule has 0 unspecified atom stereocenters. The average molecular weight is 339 g/mol. The predicted molar refractivity (Wildman–Crippen MR) is 79.5 cm³/mol. The minimum absolute atomic E-state index is 0.511. The maximum atomic E-state index is 6.16. The van der Waals surface area contributed by atoms with Crippen molar-refractivity contribution in [3.8, 4) is 21.4 Å². The van der Waals surface area contributed by atoms with Crippen LogP contribution in [0.5, 0.6) is 0 Å². The molecule has 0 N–H and O–H groups in total. The molecule has 0 saturated heterocycles. The highest BCUT2D eigenvalue weighted by atomic mass is 35.5. The minimum atomic E-state index is 0.511. The van der Waals surface area contributed by atoms with Gasteiger partial charge in [-0.3, -0.25) is 4.68 Å². The van der Waals surface area contributed by atoms with Gasteiger partial charge in [0.05, 0.1) is 16.9 Å². The molecule has 0 aliphatic heterocycles. The van der Waals surface area contributed by atoms with Crippen molar-refractivity contribution in [1.82, 2.24) is 39.2 Å². The Labute approximate surface area is 131 Å². The molecule has 0 aliphatic carbocycles. The molecule has 0 aliphatic rings. The third kappa shape index (κ3) is 1.87. The average Bonchev–Trinajstić information content (AvgIpc) is 3.16. The van der Waals surface area contributed by atoms with Gasteiger partial charge in [-0.15, -0.1) is 15.3 Å². The zero-order valence-electron chi connectivity index (χ0n) is 10.8. The van der Waals surface area contributed by atoms with E-state index in [1.54, 1.807) is 22.4 Å². The second-order valence-electron chi connectivity index (χ2n) is 4.28. The van der Waals surface area contributed by atoms with Crippen LogP contribution >= 0.6 is 34.5 Å². The molecule has 4 rings (SSSR count). The zero-order chi connectivity index (χ0) is 14.6. The van der Waals surface area contributed by atoms with Crippen molar-refractivity contribution < 1.29 is 0 Å². The fourth-order valence-corrected chi connectivity index (χ4v) is 3.80. The third-order valence-corrected chi connectivity index (χ3v) is 5.10. The molecule has 0 radical (unpaired) electrons. The van der Waals surface area contributed by atoms with Crippen molar-refractivity contribution in [2.75, 3.05) is 0 Å². The van der Waals surface area contributed by atoms with E-state index in [0.717, 1.165) is 15.6 Å². The summed E-state index contributed by atoms with van der Waals surface area (Å²) < 4.78 is 7.25. The standard InChI is InChI=1S/C10H7ClN8S2/c1-4-7(21-17-13-4)9-16-19-8(14-15-10(19)20-9)6-5(11)3-12-18(6)2/h3H,1-2H3. The summed E-state index contributed by atoms with van der Waals surface area (Å²) in [5, 5.41) is 22.3. The number of halogens is 1. The lowest BCUT2D eigenvalue weighted by atomic mass is 10.4. The summed E-state index contributed by atoms with van der Waals surface area (Å²) in [5.41, 5.74) is 1.53. The molecule has 8 nitrogen and oxygen atoms in total. The number of aromatic nitrogens is 8. The van der Waals surface area contributed by atoms with Gasteiger partial charge in [0, 0.05) is 7.05 Å². The van der Waals surface area contributed by atoms with Crippen molar-refractivity contribution in [2.45, 2.75) is 6.92 Å². The lowest BCUT2D eigenvalue weighted by molar-refractivity contribution is 0.764. The van der Waals surface area contributed by atoms with Crippen molar-refractivity contribution in [1.29, 1.82) is 0 Å². The number of hydrogen-bond donors (Lipinski definition) is 0. The van der Waals surface area contributed by atoms with E-state index in [0.29, 0.717) is 21.5 Å². The molecule has 0 amide bonds. The largest absolute Gasteiger partial charge is 0.263 e. The van der Waals surface area contributed by atoms with Crippen LogP contribution in [0.1, 0.15) is 5.69 Å². The fraction of sp³-hybridized carbons (Fsp3) is 0.200. The number of nitrogens with zero attached hydrogens (tertiary/aromatic N) is 8. The highest BCUT2D eigenvalue weighted by molar-refractivity contribution is 7.23. The van der Waals surface area contributed by atoms with E-state index in [-0.39, 0.29) is 0 Å². The second-order valence-corrected chi connectivity index (χ2v) is 6.39. The van der Waals surface area contributed by atoms with Crippen LogP contribution < -0.4 is 0 Å². The molecule has 4 aromatic heterocycles. The second kappa shape index (κ2) is 4.55. The summed E-state index contributed by atoms with van der Waals surface area (Å²) in [5.74, 6) is 0.563. The van der Waals surface area contributed by atoms with Gasteiger partial charge in [-0.25, -0.2) is 0 Å². The molecule has 0 fully saturated rings. The highest BCUT2D eigenvalue weighted by Crippen LogP contribution is 2.32. The summed E-state index contributed by atoms with van der Waals surface area (Å²) >= 11 is 8.91. The van der Waals surface area contributed by atoms with E-state index in [9.17, 15) is 0 Å². The van der Waals surface area contributed by atoms with Gasteiger partial charge in [0.15, 0.2) is 5.01 Å². The third-order valence-electron chi connectivity index (χ3n) is 2.94. The van der Waals surface area contributed by atoms with E-state index < -0.39 is 0 Å². The first-order chi connectivity index (χ1) is 10.1. The van der Waals surface area contributed by atoms with Gasteiger partial charge in [-0.2, -0.15) is 14.7 Å².